The molecule has 0 aliphatic rings. The average molecular weight is 131 g/mol. The van der Waals surface area contributed by atoms with Crippen molar-refractivity contribution in [3.05, 3.63) is 0 Å². The molecule has 0 fully saturated rings. The van der Waals surface area contributed by atoms with E-state index in [1.54, 1.807) is 0 Å². The van der Waals surface area contributed by atoms with Gasteiger partial charge >= 0.3 is 0 Å². The lowest BCUT2D eigenvalue weighted by atomic mass is 10.4. The first-order valence-corrected chi connectivity index (χ1v) is 6.63. The van der Waals surface area contributed by atoms with E-state index in [0.29, 0.717) is 0 Å². The lowest BCUT2D eigenvalue weighted by molar-refractivity contribution is 0.866. The van der Waals surface area contributed by atoms with Gasteiger partial charge in [-0.1, -0.05) is 32.9 Å². The van der Waals surface area contributed by atoms with Gasteiger partial charge in [0.05, 0.1) is 0 Å². The van der Waals surface area contributed by atoms with Gasteiger partial charge in [0.1, 0.15) is 8.24 Å². The van der Waals surface area contributed by atoms with E-state index in [9.17, 15) is 0 Å². The molecular formula is C6H17NSi. The first-order valence-electron chi connectivity index (χ1n) is 3.35. The molecule has 0 aliphatic carbocycles. The predicted molar refractivity (Wildman–Crippen MR) is 41.4 cm³/mol. The van der Waals surface area contributed by atoms with Crippen molar-refractivity contribution in [1.29, 1.82) is 0 Å². The molecule has 0 bridgehead atoms. The van der Waals surface area contributed by atoms with Crippen LogP contribution < -0.4 is 5.40 Å². The van der Waals surface area contributed by atoms with Crippen molar-refractivity contribution in [1.82, 2.24) is 0 Å². The Morgan fingerprint density at radius 3 is 2.00 bits per heavy atom. The molecule has 0 aromatic heterocycles. The number of hydrogen-bond acceptors (Lipinski definition) is 1. The lowest BCUT2D eigenvalue weighted by Gasteiger charge is -2.13. The third-order valence-electron chi connectivity index (χ3n) is 1.17. The number of unbranched alkanes of at least 4 members (excludes halogenated alkanes) is 1. The molecule has 8 heavy (non-hydrogen) atoms. The van der Waals surface area contributed by atoms with Crippen LogP contribution in [-0.2, 0) is 0 Å². The van der Waals surface area contributed by atoms with Crippen molar-refractivity contribution in [3.63, 3.8) is 0 Å². The molecule has 1 nitrogen and oxygen atoms in total. The molecule has 0 radical (unpaired) electrons. The average Bonchev–Trinajstić information content (AvgIpc) is 1.59. The maximum atomic E-state index is 5.86. The van der Waals surface area contributed by atoms with Gasteiger partial charge in [-0.15, -0.1) is 0 Å². The number of nitrogens with two attached hydrogens (primary N) is 1. The molecule has 0 aromatic carbocycles. The summed E-state index contributed by atoms with van der Waals surface area (Å²) in [7, 11) is -1.18. The van der Waals surface area contributed by atoms with Crippen molar-refractivity contribution >= 4 is 8.24 Å². The van der Waals surface area contributed by atoms with E-state index in [-0.39, 0.29) is 0 Å². The van der Waals surface area contributed by atoms with E-state index in [2.05, 4.69) is 20.0 Å². The van der Waals surface area contributed by atoms with Crippen LogP contribution in [0.1, 0.15) is 19.8 Å². The van der Waals surface area contributed by atoms with Crippen LogP contribution >= 0.6 is 0 Å². The minimum absolute atomic E-state index is 1.18. The molecule has 50 valence electrons. The van der Waals surface area contributed by atoms with Crippen LogP contribution in [0.4, 0.5) is 0 Å². The zero-order valence-electron chi connectivity index (χ0n) is 6.20. The van der Waals surface area contributed by atoms with E-state index in [0.717, 1.165) is 0 Å². The second-order valence-electron chi connectivity index (χ2n) is 3.09. The summed E-state index contributed by atoms with van der Waals surface area (Å²) in [5.41, 5.74) is 0. The smallest absolute Gasteiger partial charge is 0.116 e. The summed E-state index contributed by atoms with van der Waals surface area (Å²) in [6, 6.07) is 1.28. The Labute approximate surface area is 53.4 Å². The van der Waals surface area contributed by atoms with Gasteiger partial charge in [-0.05, 0) is 6.04 Å². The van der Waals surface area contributed by atoms with Crippen LogP contribution in [-0.4, -0.2) is 8.24 Å². The fourth-order valence-electron chi connectivity index (χ4n) is 0.632. The molecule has 0 amide bonds. The van der Waals surface area contributed by atoms with E-state index in [1.165, 1.54) is 18.9 Å². The van der Waals surface area contributed by atoms with Gasteiger partial charge in [-0.25, -0.2) is 0 Å². The van der Waals surface area contributed by atoms with Gasteiger partial charge in [0, 0.05) is 0 Å². The van der Waals surface area contributed by atoms with E-state index < -0.39 is 8.24 Å². The van der Waals surface area contributed by atoms with Gasteiger partial charge < -0.3 is 5.40 Å². The molecule has 0 atom stereocenters. The maximum absolute atomic E-state index is 5.86. The van der Waals surface area contributed by atoms with Gasteiger partial charge in [0.2, 0.25) is 0 Å². The summed E-state index contributed by atoms with van der Waals surface area (Å²) in [5.74, 6) is 0. The molecule has 0 saturated carbocycles. The molecule has 0 unspecified atom stereocenters. The summed E-state index contributed by atoms with van der Waals surface area (Å²) in [6.07, 6.45) is 2.60. The Hall–Kier alpha value is 0.177. The third kappa shape index (κ3) is 6.18. The molecule has 0 heterocycles. The third-order valence-corrected chi connectivity index (χ3v) is 2.82. The highest BCUT2D eigenvalue weighted by Crippen LogP contribution is 2.05. The highest BCUT2D eigenvalue weighted by Gasteiger charge is 2.11. The van der Waals surface area contributed by atoms with Crippen LogP contribution in [0.5, 0.6) is 0 Å². The summed E-state index contributed by atoms with van der Waals surface area (Å²) in [6.45, 7) is 6.63. The minimum atomic E-state index is -1.18. The fourth-order valence-corrected chi connectivity index (χ4v) is 1.90. The van der Waals surface area contributed by atoms with Crippen LogP contribution in [0.2, 0.25) is 19.1 Å². The Bertz CT molecular complexity index is 56.0. The molecule has 0 spiro atoms. The van der Waals surface area contributed by atoms with Crippen LogP contribution in [0.15, 0.2) is 0 Å². The van der Waals surface area contributed by atoms with Crippen molar-refractivity contribution in [2.24, 2.45) is 5.40 Å². The minimum Gasteiger partial charge on any atom is -0.351 e. The van der Waals surface area contributed by atoms with E-state index >= 15 is 0 Å². The Morgan fingerprint density at radius 1 is 1.38 bits per heavy atom. The first kappa shape index (κ1) is 8.18. The normalized spacial score (nSPS) is 12.0. The molecule has 2 N–H and O–H groups in total. The fraction of sp³-hybridized carbons (Fsp3) is 1.00. The molecular weight excluding hydrogens is 114 g/mol. The molecule has 0 aliphatic heterocycles. The summed E-state index contributed by atoms with van der Waals surface area (Å²) >= 11 is 0. The number of rotatable bonds is 3. The van der Waals surface area contributed by atoms with Gasteiger partial charge in [0.25, 0.3) is 0 Å². The van der Waals surface area contributed by atoms with E-state index in [1.807, 2.05) is 0 Å². The SMILES string of the molecule is CCCC[Si](C)(C)N. The molecule has 0 saturated heterocycles. The van der Waals surface area contributed by atoms with Crippen molar-refractivity contribution in [2.45, 2.75) is 38.9 Å². The van der Waals surface area contributed by atoms with Crippen LogP contribution in [0.3, 0.4) is 0 Å². The molecule has 2 heteroatoms. The molecule has 0 aromatic rings. The monoisotopic (exact) mass is 131 g/mol. The molecule has 0 rings (SSSR count). The second-order valence-corrected chi connectivity index (χ2v) is 7.57. The summed E-state index contributed by atoms with van der Waals surface area (Å²) in [4.78, 5) is 0. The quantitative estimate of drug-likeness (QED) is 0.582. The summed E-state index contributed by atoms with van der Waals surface area (Å²) < 4.78 is 0. The largest absolute Gasteiger partial charge is 0.351 e. The topological polar surface area (TPSA) is 26.0 Å². The Kier molecular flexibility index (Phi) is 3.32. The zero-order chi connectivity index (χ0) is 6.62. The standard InChI is InChI=1S/C6H17NSi/c1-4-5-6-8(2,3)7/h4-7H2,1-3H3. The Morgan fingerprint density at radius 2 is 1.88 bits per heavy atom. The second kappa shape index (κ2) is 3.25. The maximum Gasteiger partial charge on any atom is 0.116 e. The first-order chi connectivity index (χ1) is 3.56. The zero-order valence-corrected chi connectivity index (χ0v) is 7.20. The van der Waals surface area contributed by atoms with Gasteiger partial charge in [-0.3, -0.25) is 0 Å². The Balaban J connectivity index is 3.11. The van der Waals surface area contributed by atoms with Crippen molar-refractivity contribution in [2.75, 3.05) is 0 Å². The predicted octanol–water partition coefficient (Wildman–Crippen LogP) is 1.95. The van der Waals surface area contributed by atoms with Gasteiger partial charge in [-0.2, -0.15) is 0 Å². The number of hydrogen-bond donors (Lipinski definition) is 1. The summed E-state index contributed by atoms with van der Waals surface area (Å²) in [5, 5.41) is 5.86. The van der Waals surface area contributed by atoms with E-state index in [4.69, 9.17) is 5.40 Å². The van der Waals surface area contributed by atoms with Gasteiger partial charge in [0.15, 0.2) is 0 Å². The van der Waals surface area contributed by atoms with Crippen molar-refractivity contribution < 1.29 is 0 Å². The van der Waals surface area contributed by atoms with Crippen LogP contribution in [0.25, 0.3) is 0 Å². The highest BCUT2D eigenvalue weighted by molar-refractivity contribution is 6.74. The lowest BCUT2D eigenvalue weighted by Crippen LogP contribution is -2.37. The van der Waals surface area contributed by atoms with Crippen LogP contribution in [0, 0.1) is 0 Å². The van der Waals surface area contributed by atoms with Crippen molar-refractivity contribution in [3.8, 4) is 0 Å². The highest BCUT2D eigenvalue weighted by atomic mass is 28.3.